The van der Waals surface area contributed by atoms with Crippen LogP contribution < -0.4 is 19.7 Å². The van der Waals surface area contributed by atoms with Gasteiger partial charge >= 0.3 is 0 Å². The molecule has 0 aliphatic rings. The van der Waals surface area contributed by atoms with E-state index in [0.29, 0.717) is 18.1 Å². The first-order chi connectivity index (χ1) is 11.5. The van der Waals surface area contributed by atoms with Crippen LogP contribution in [0.25, 0.3) is 0 Å². The Labute approximate surface area is 147 Å². The second-order valence-electron chi connectivity index (χ2n) is 5.54. The topological polar surface area (TPSA) is 52.0 Å². The van der Waals surface area contributed by atoms with Gasteiger partial charge < -0.3 is 19.7 Å². The predicted molar refractivity (Wildman–Crippen MR) is 95.1 cm³/mol. The van der Waals surface area contributed by atoms with Gasteiger partial charge in [0.2, 0.25) is 0 Å². The number of quaternary nitrogens is 1. The number of likely N-dealkylation sites (N-methyl/N-ethyl adjacent to an activating group) is 1. The second-order valence-corrected chi connectivity index (χ2v) is 5.98. The highest BCUT2D eigenvalue weighted by molar-refractivity contribution is 6.30. The molecule has 6 heteroatoms. The van der Waals surface area contributed by atoms with Gasteiger partial charge in [0.05, 0.1) is 26.8 Å². The highest BCUT2D eigenvalue weighted by Crippen LogP contribution is 2.23. The number of rotatable bonds is 7. The number of hydrogen-bond acceptors (Lipinski definition) is 3. The van der Waals surface area contributed by atoms with Crippen molar-refractivity contribution in [3.63, 3.8) is 0 Å². The Kier molecular flexibility index (Phi) is 6.46. The van der Waals surface area contributed by atoms with Crippen molar-refractivity contribution in [2.75, 3.05) is 33.1 Å². The molecular formula is C18H22ClN2O3+. The fourth-order valence-corrected chi connectivity index (χ4v) is 2.55. The van der Waals surface area contributed by atoms with Crippen LogP contribution in [0.4, 0.5) is 5.69 Å². The number of carbonyl (C=O) groups is 1. The third-order valence-electron chi connectivity index (χ3n) is 3.57. The molecule has 2 rings (SSSR count). The Balaban J connectivity index is 1.96. The van der Waals surface area contributed by atoms with Crippen LogP contribution in [0.1, 0.15) is 5.56 Å². The quantitative estimate of drug-likeness (QED) is 0.804. The van der Waals surface area contributed by atoms with Gasteiger partial charge in [-0.2, -0.15) is 0 Å². The maximum Gasteiger partial charge on any atom is 0.279 e. The Morgan fingerprint density at radius 1 is 1.12 bits per heavy atom. The lowest BCUT2D eigenvalue weighted by molar-refractivity contribution is -0.885. The van der Waals surface area contributed by atoms with Crippen molar-refractivity contribution in [3.05, 3.63) is 53.1 Å². The number of halogens is 1. The minimum Gasteiger partial charge on any atom is -0.497 e. The van der Waals surface area contributed by atoms with Crippen molar-refractivity contribution >= 4 is 23.2 Å². The zero-order valence-electron chi connectivity index (χ0n) is 14.1. The molecule has 2 N–H and O–H groups in total. The summed E-state index contributed by atoms with van der Waals surface area (Å²) in [6.07, 6.45) is 0. The van der Waals surface area contributed by atoms with Crippen molar-refractivity contribution in [2.24, 2.45) is 0 Å². The van der Waals surface area contributed by atoms with Crippen LogP contribution in [-0.4, -0.2) is 33.7 Å². The molecular weight excluding hydrogens is 328 g/mol. The fraction of sp³-hybridized carbons (Fsp3) is 0.278. The molecule has 2 aromatic carbocycles. The van der Waals surface area contributed by atoms with E-state index in [4.69, 9.17) is 21.1 Å². The molecule has 0 aliphatic carbocycles. The minimum atomic E-state index is -0.0586. The van der Waals surface area contributed by atoms with Crippen LogP contribution in [0, 0.1) is 0 Å². The summed E-state index contributed by atoms with van der Waals surface area (Å²) < 4.78 is 10.6. The van der Waals surface area contributed by atoms with Gasteiger partial charge in [0.25, 0.3) is 5.91 Å². The summed E-state index contributed by atoms with van der Waals surface area (Å²) in [4.78, 5) is 13.2. The summed E-state index contributed by atoms with van der Waals surface area (Å²) >= 11 is 5.84. The van der Waals surface area contributed by atoms with Crippen LogP contribution >= 0.6 is 11.6 Å². The number of nitrogens with one attached hydrogen (secondary N) is 2. The molecule has 0 radical (unpaired) electrons. The molecule has 0 heterocycles. The van der Waals surface area contributed by atoms with Gasteiger partial charge in [-0.05, 0) is 42.5 Å². The average molecular weight is 350 g/mol. The highest BCUT2D eigenvalue weighted by atomic mass is 35.5. The number of methoxy groups -OCH3 is 2. The van der Waals surface area contributed by atoms with Gasteiger partial charge in [0.1, 0.15) is 18.0 Å². The largest absolute Gasteiger partial charge is 0.497 e. The highest BCUT2D eigenvalue weighted by Gasteiger charge is 2.14. The molecule has 5 nitrogen and oxygen atoms in total. The van der Waals surface area contributed by atoms with Crippen LogP contribution in [-0.2, 0) is 11.3 Å². The number of benzene rings is 2. The molecule has 24 heavy (non-hydrogen) atoms. The number of carbonyl (C=O) groups excluding carboxylic acids is 1. The van der Waals surface area contributed by atoms with E-state index in [0.717, 1.165) is 27.6 Å². The Hall–Kier alpha value is -2.24. The number of amides is 1. The van der Waals surface area contributed by atoms with Gasteiger partial charge in [-0.15, -0.1) is 0 Å². The van der Waals surface area contributed by atoms with Gasteiger partial charge in [0.15, 0.2) is 6.54 Å². The van der Waals surface area contributed by atoms with Crippen LogP contribution in [0.5, 0.6) is 11.5 Å². The zero-order valence-corrected chi connectivity index (χ0v) is 14.8. The first-order valence-electron chi connectivity index (χ1n) is 7.59. The predicted octanol–water partition coefficient (Wildman–Crippen LogP) is 2.01. The molecule has 0 aliphatic heterocycles. The van der Waals surface area contributed by atoms with E-state index in [-0.39, 0.29) is 5.91 Å². The molecule has 0 saturated carbocycles. The van der Waals surface area contributed by atoms with E-state index in [1.54, 1.807) is 38.5 Å². The molecule has 0 spiro atoms. The first-order valence-corrected chi connectivity index (χ1v) is 7.97. The molecule has 0 aromatic heterocycles. The zero-order chi connectivity index (χ0) is 17.5. The van der Waals surface area contributed by atoms with Crippen molar-refractivity contribution in [3.8, 4) is 11.5 Å². The van der Waals surface area contributed by atoms with Gasteiger partial charge in [0, 0.05) is 10.7 Å². The summed E-state index contributed by atoms with van der Waals surface area (Å²) in [5.74, 6) is 1.49. The summed E-state index contributed by atoms with van der Waals surface area (Å²) in [5.41, 5.74) is 1.73. The monoisotopic (exact) mass is 349 g/mol. The van der Waals surface area contributed by atoms with E-state index in [1.807, 2.05) is 25.2 Å². The summed E-state index contributed by atoms with van der Waals surface area (Å²) in [5, 5.41) is 3.50. The van der Waals surface area contributed by atoms with E-state index in [9.17, 15) is 4.79 Å². The molecule has 128 valence electrons. The summed E-state index contributed by atoms with van der Waals surface area (Å²) in [7, 11) is 5.22. The molecule has 0 bridgehead atoms. The van der Waals surface area contributed by atoms with E-state index in [2.05, 4.69) is 5.32 Å². The van der Waals surface area contributed by atoms with E-state index in [1.165, 1.54) is 0 Å². The van der Waals surface area contributed by atoms with Gasteiger partial charge in [-0.25, -0.2) is 0 Å². The Bertz CT molecular complexity index is 689. The normalized spacial score (nSPS) is 11.7. The standard InChI is InChI=1S/C18H21ClN2O3/c1-21(11-13-10-16(23-2)8-9-17(13)24-3)12-18(22)20-15-6-4-14(19)5-7-15/h4-10H,11-12H2,1-3H3,(H,20,22)/p+1. The van der Waals surface area contributed by atoms with Crippen LogP contribution in [0.3, 0.4) is 0 Å². The Morgan fingerprint density at radius 3 is 2.46 bits per heavy atom. The molecule has 1 amide bonds. The maximum atomic E-state index is 12.2. The van der Waals surface area contributed by atoms with E-state index < -0.39 is 0 Å². The number of ether oxygens (including phenoxy) is 2. The lowest BCUT2D eigenvalue weighted by atomic mass is 10.1. The molecule has 1 unspecified atom stereocenters. The lowest BCUT2D eigenvalue weighted by Crippen LogP contribution is -3.08. The van der Waals surface area contributed by atoms with E-state index >= 15 is 0 Å². The smallest absolute Gasteiger partial charge is 0.279 e. The van der Waals surface area contributed by atoms with Crippen LogP contribution in [0.15, 0.2) is 42.5 Å². The third-order valence-corrected chi connectivity index (χ3v) is 3.82. The second kappa shape index (κ2) is 8.57. The molecule has 2 aromatic rings. The molecule has 0 saturated heterocycles. The van der Waals surface area contributed by atoms with Gasteiger partial charge in [-0.3, -0.25) is 4.79 Å². The Morgan fingerprint density at radius 2 is 1.83 bits per heavy atom. The maximum absolute atomic E-state index is 12.2. The van der Waals surface area contributed by atoms with Crippen molar-refractivity contribution in [1.29, 1.82) is 0 Å². The van der Waals surface area contributed by atoms with Crippen molar-refractivity contribution in [2.45, 2.75) is 6.54 Å². The SMILES string of the molecule is COc1ccc(OC)c(C[NH+](C)CC(=O)Nc2ccc(Cl)cc2)c1. The van der Waals surface area contributed by atoms with Crippen molar-refractivity contribution in [1.82, 2.24) is 0 Å². The minimum absolute atomic E-state index is 0.0586. The summed E-state index contributed by atoms with van der Waals surface area (Å²) in [6.45, 7) is 0.984. The third kappa shape index (κ3) is 5.15. The summed E-state index contributed by atoms with van der Waals surface area (Å²) in [6, 6.07) is 12.7. The first kappa shape index (κ1) is 18.1. The number of hydrogen-bond donors (Lipinski definition) is 2. The van der Waals surface area contributed by atoms with Gasteiger partial charge in [-0.1, -0.05) is 11.6 Å². The molecule has 0 fully saturated rings. The fourth-order valence-electron chi connectivity index (χ4n) is 2.42. The van der Waals surface area contributed by atoms with Crippen LogP contribution in [0.2, 0.25) is 5.02 Å². The molecule has 1 atom stereocenters. The number of anilines is 1. The van der Waals surface area contributed by atoms with Crippen molar-refractivity contribution < 1.29 is 19.2 Å². The lowest BCUT2D eigenvalue weighted by Gasteiger charge is -2.16. The average Bonchev–Trinajstić information content (AvgIpc) is 2.56.